The zero-order chi connectivity index (χ0) is 25.8. The molecule has 1 aliphatic heterocycles. The highest BCUT2D eigenvalue weighted by atomic mass is 16.5. The molecule has 35 heavy (non-hydrogen) atoms. The van der Waals surface area contributed by atoms with Gasteiger partial charge in [-0.15, -0.1) is 0 Å². The number of hydrogen-bond acceptors (Lipinski definition) is 3. The molecule has 1 saturated heterocycles. The normalized spacial score (nSPS) is 54.2. The Morgan fingerprint density at radius 2 is 1.74 bits per heavy atom. The first-order valence-corrected chi connectivity index (χ1v) is 14.4. The van der Waals surface area contributed by atoms with E-state index in [1.807, 2.05) is 0 Å². The SMILES string of the molecule is CC(C)[C@@H](C)[C@@]1(C)CC[C@]2(C)[C@H]3CC[C@@H]4[C@@]5(COC[C@@]4(C)[C@@H](O)[C@H](C)C5)C3=CC[C@@]2(C)[C@@H]1C(=O)O. The Hall–Kier alpha value is -0.870. The van der Waals surface area contributed by atoms with Crippen LogP contribution in [0.3, 0.4) is 0 Å². The van der Waals surface area contributed by atoms with Gasteiger partial charge >= 0.3 is 5.97 Å². The Morgan fingerprint density at radius 1 is 1.06 bits per heavy atom. The van der Waals surface area contributed by atoms with Crippen molar-refractivity contribution in [1.82, 2.24) is 0 Å². The van der Waals surface area contributed by atoms with Crippen molar-refractivity contribution in [2.45, 2.75) is 100 Å². The lowest BCUT2D eigenvalue weighted by atomic mass is 9.34. The van der Waals surface area contributed by atoms with Gasteiger partial charge in [-0.3, -0.25) is 4.79 Å². The van der Waals surface area contributed by atoms with Crippen molar-refractivity contribution in [3.8, 4) is 0 Å². The minimum atomic E-state index is -0.597. The van der Waals surface area contributed by atoms with Gasteiger partial charge in [-0.25, -0.2) is 0 Å². The summed E-state index contributed by atoms with van der Waals surface area (Å²) in [5.74, 6) is 1.000. The molecular weight excluding hydrogens is 436 g/mol. The molecule has 5 rings (SSSR count). The molecule has 0 aromatic heterocycles. The fraction of sp³-hybridized carbons (Fsp3) is 0.903. The fourth-order valence-corrected chi connectivity index (χ4v) is 11.0. The zero-order valence-corrected chi connectivity index (χ0v) is 23.5. The first kappa shape index (κ1) is 25.8. The number of aliphatic carboxylic acids is 1. The lowest BCUT2D eigenvalue weighted by Crippen LogP contribution is -2.68. The molecule has 2 bridgehead atoms. The Labute approximate surface area is 213 Å². The maximum Gasteiger partial charge on any atom is 0.307 e. The van der Waals surface area contributed by atoms with Crippen LogP contribution >= 0.6 is 0 Å². The van der Waals surface area contributed by atoms with Crippen LogP contribution in [-0.2, 0) is 9.53 Å². The number of ether oxygens (including phenoxy) is 1. The number of allylic oxidation sites excluding steroid dienone is 1. The maximum atomic E-state index is 13.1. The molecule has 198 valence electrons. The Bertz CT molecular complexity index is 925. The summed E-state index contributed by atoms with van der Waals surface area (Å²) in [6.45, 7) is 19.8. The van der Waals surface area contributed by atoms with E-state index in [0.717, 1.165) is 45.1 Å². The summed E-state index contributed by atoms with van der Waals surface area (Å²) in [7, 11) is 0. The molecule has 0 unspecified atom stereocenters. The minimum absolute atomic E-state index is 0.00357. The van der Waals surface area contributed by atoms with Crippen LogP contribution in [0, 0.1) is 62.6 Å². The number of hydrogen-bond donors (Lipinski definition) is 2. The highest BCUT2D eigenvalue weighted by molar-refractivity contribution is 5.73. The van der Waals surface area contributed by atoms with E-state index in [-0.39, 0.29) is 45.0 Å². The molecule has 4 fully saturated rings. The van der Waals surface area contributed by atoms with E-state index < -0.39 is 5.97 Å². The standard InChI is InChI=1S/C31H50O4/c1-18(2)20(4)27(5)13-14-29(7)21-9-10-23-28(6)16-35-17-31(23,15-19(3)25(28)32)22(21)11-12-30(29,8)24(27)26(33)34/h11,18-21,23-25,32H,9-10,12-17H2,1-8H3,(H,33,34)/t19-,20-,21+,23+,24-,25+,27-,28-,29-,30+,31+/m1/s1. The molecule has 5 aliphatic rings. The van der Waals surface area contributed by atoms with Gasteiger partial charge in [-0.1, -0.05) is 67.0 Å². The van der Waals surface area contributed by atoms with Gasteiger partial charge in [-0.2, -0.15) is 0 Å². The number of carboxylic acids is 1. The van der Waals surface area contributed by atoms with Crippen molar-refractivity contribution in [3.05, 3.63) is 11.6 Å². The van der Waals surface area contributed by atoms with Gasteiger partial charge in [0.2, 0.25) is 0 Å². The van der Waals surface area contributed by atoms with Gasteiger partial charge in [0.1, 0.15) is 0 Å². The topological polar surface area (TPSA) is 66.8 Å². The fourth-order valence-electron chi connectivity index (χ4n) is 11.0. The van der Waals surface area contributed by atoms with Crippen LogP contribution in [0.1, 0.15) is 93.9 Å². The molecule has 0 aromatic rings. The van der Waals surface area contributed by atoms with E-state index in [9.17, 15) is 15.0 Å². The van der Waals surface area contributed by atoms with E-state index >= 15 is 0 Å². The lowest BCUT2D eigenvalue weighted by molar-refractivity contribution is -0.240. The van der Waals surface area contributed by atoms with Crippen LogP contribution in [0.5, 0.6) is 0 Å². The van der Waals surface area contributed by atoms with E-state index in [0.29, 0.717) is 30.3 Å². The van der Waals surface area contributed by atoms with Gasteiger partial charge in [0.05, 0.1) is 25.2 Å². The van der Waals surface area contributed by atoms with Crippen LogP contribution in [0.15, 0.2) is 11.6 Å². The van der Waals surface area contributed by atoms with Gasteiger partial charge in [0.15, 0.2) is 0 Å². The van der Waals surface area contributed by atoms with Crippen molar-refractivity contribution < 1.29 is 19.7 Å². The highest BCUT2D eigenvalue weighted by Gasteiger charge is 2.71. The van der Waals surface area contributed by atoms with Crippen molar-refractivity contribution in [1.29, 1.82) is 0 Å². The van der Waals surface area contributed by atoms with E-state index in [1.54, 1.807) is 5.57 Å². The van der Waals surface area contributed by atoms with Crippen molar-refractivity contribution in [2.24, 2.45) is 62.6 Å². The minimum Gasteiger partial charge on any atom is -0.481 e. The van der Waals surface area contributed by atoms with Crippen LogP contribution in [-0.4, -0.2) is 35.5 Å². The molecule has 11 atom stereocenters. The van der Waals surface area contributed by atoms with Gasteiger partial charge in [0.25, 0.3) is 0 Å². The number of rotatable bonds is 3. The van der Waals surface area contributed by atoms with E-state index in [1.165, 1.54) is 0 Å². The summed E-state index contributed by atoms with van der Waals surface area (Å²) in [5.41, 5.74) is 0.872. The third-order valence-corrected chi connectivity index (χ3v) is 13.4. The number of fused-ring (bicyclic) bond motifs is 3. The van der Waals surface area contributed by atoms with Crippen molar-refractivity contribution in [2.75, 3.05) is 13.2 Å². The number of carboxylic acid groups (broad SMARTS) is 1. The second-order valence-electron chi connectivity index (χ2n) is 15.0. The molecular formula is C31H50O4. The second kappa shape index (κ2) is 7.82. The monoisotopic (exact) mass is 486 g/mol. The maximum absolute atomic E-state index is 13.1. The van der Waals surface area contributed by atoms with Crippen molar-refractivity contribution in [3.63, 3.8) is 0 Å². The molecule has 3 saturated carbocycles. The van der Waals surface area contributed by atoms with E-state index in [2.05, 4.69) is 61.5 Å². The second-order valence-corrected chi connectivity index (χ2v) is 15.0. The predicted molar refractivity (Wildman–Crippen MR) is 139 cm³/mol. The van der Waals surface area contributed by atoms with Crippen LogP contribution in [0.4, 0.5) is 0 Å². The Morgan fingerprint density at radius 3 is 2.37 bits per heavy atom. The smallest absolute Gasteiger partial charge is 0.307 e. The third kappa shape index (κ3) is 3.02. The molecule has 0 amide bonds. The molecule has 4 nitrogen and oxygen atoms in total. The molecule has 1 heterocycles. The lowest BCUT2D eigenvalue weighted by Gasteiger charge is -2.71. The summed E-state index contributed by atoms with van der Waals surface area (Å²) < 4.78 is 6.32. The molecule has 0 radical (unpaired) electrons. The average molecular weight is 487 g/mol. The van der Waals surface area contributed by atoms with Gasteiger partial charge < -0.3 is 14.9 Å². The highest BCUT2D eigenvalue weighted by Crippen LogP contribution is 2.75. The Kier molecular flexibility index (Phi) is 5.76. The Balaban J connectivity index is 1.62. The zero-order valence-electron chi connectivity index (χ0n) is 23.5. The quantitative estimate of drug-likeness (QED) is 0.443. The number of aliphatic hydroxyl groups excluding tert-OH is 1. The molecule has 0 aromatic carbocycles. The average Bonchev–Trinajstić information content (AvgIpc) is 2.77. The molecule has 2 N–H and O–H groups in total. The predicted octanol–water partition coefficient (Wildman–Crippen LogP) is 6.57. The van der Waals surface area contributed by atoms with Gasteiger partial charge in [0, 0.05) is 10.8 Å². The number of carbonyl (C=O) groups is 1. The molecule has 0 spiro atoms. The summed E-state index contributed by atoms with van der Waals surface area (Å²) >= 11 is 0. The summed E-state index contributed by atoms with van der Waals surface area (Å²) in [4.78, 5) is 13.1. The largest absolute Gasteiger partial charge is 0.481 e. The first-order chi connectivity index (χ1) is 16.2. The number of aliphatic hydroxyl groups is 1. The first-order valence-electron chi connectivity index (χ1n) is 14.4. The van der Waals surface area contributed by atoms with Gasteiger partial charge in [-0.05, 0) is 84.4 Å². The van der Waals surface area contributed by atoms with Crippen LogP contribution in [0.25, 0.3) is 0 Å². The summed E-state index contributed by atoms with van der Waals surface area (Å²) in [6.07, 6.45) is 8.34. The van der Waals surface area contributed by atoms with Crippen LogP contribution < -0.4 is 0 Å². The molecule has 4 heteroatoms. The van der Waals surface area contributed by atoms with Crippen LogP contribution in [0.2, 0.25) is 0 Å². The summed E-state index contributed by atoms with van der Waals surface area (Å²) in [6, 6.07) is 0. The third-order valence-electron chi connectivity index (χ3n) is 13.4. The van der Waals surface area contributed by atoms with Crippen molar-refractivity contribution >= 4 is 5.97 Å². The molecule has 4 aliphatic carbocycles. The summed E-state index contributed by atoms with van der Waals surface area (Å²) in [5, 5.41) is 22.0. The van der Waals surface area contributed by atoms with E-state index in [4.69, 9.17) is 4.74 Å².